The lowest BCUT2D eigenvalue weighted by atomic mass is 10.1. The van der Waals surface area contributed by atoms with E-state index in [0.29, 0.717) is 23.7 Å². The Hall–Kier alpha value is -2.91. The van der Waals surface area contributed by atoms with Crippen molar-refractivity contribution in [2.45, 2.75) is 32.1 Å². The SMILES string of the molecule is COc1ccc(C)cc1N1CC(C(=O)Nc2ccc(S(=O)(=O)NCC(C)C)cc2)CC1=O. The summed E-state index contributed by atoms with van der Waals surface area (Å²) in [5, 5.41) is 2.78. The number of carbonyl (C=O) groups is 2. The van der Waals surface area contributed by atoms with Crippen LogP contribution in [0.4, 0.5) is 11.4 Å². The smallest absolute Gasteiger partial charge is 0.240 e. The Morgan fingerprint density at radius 1 is 1.19 bits per heavy atom. The molecule has 1 fully saturated rings. The first kappa shape index (κ1) is 23.7. The van der Waals surface area contributed by atoms with Gasteiger partial charge >= 0.3 is 0 Å². The van der Waals surface area contributed by atoms with Crippen LogP contribution in [0.2, 0.25) is 0 Å². The second kappa shape index (κ2) is 9.70. The normalized spacial score (nSPS) is 16.5. The monoisotopic (exact) mass is 459 g/mol. The number of hydrogen-bond acceptors (Lipinski definition) is 5. The molecule has 0 radical (unpaired) electrons. The van der Waals surface area contributed by atoms with E-state index >= 15 is 0 Å². The Bertz CT molecular complexity index is 1100. The summed E-state index contributed by atoms with van der Waals surface area (Å²) in [5.74, 6) is -0.193. The summed E-state index contributed by atoms with van der Waals surface area (Å²) in [6.07, 6.45) is 0.0918. The molecule has 1 aliphatic heterocycles. The van der Waals surface area contributed by atoms with E-state index in [-0.39, 0.29) is 35.6 Å². The summed E-state index contributed by atoms with van der Waals surface area (Å²) < 4.78 is 32.5. The van der Waals surface area contributed by atoms with Gasteiger partial charge in [0, 0.05) is 25.2 Å². The fourth-order valence-corrected chi connectivity index (χ4v) is 4.66. The van der Waals surface area contributed by atoms with E-state index in [9.17, 15) is 18.0 Å². The van der Waals surface area contributed by atoms with Crippen molar-refractivity contribution >= 4 is 33.2 Å². The summed E-state index contributed by atoms with van der Waals surface area (Å²) in [6, 6.07) is 11.5. The molecule has 1 unspecified atom stereocenters. The molecule has 0 aromatic heterocycles. The molecule has 0 bridgehead atoms. The number of amides is 2. The van der Waals surface area contributed by atoms with Gasteiger partial charge in [-0.05, 0) is 54.8 Å². The summed E-state index contributed by atoms with van der Waals surface area (Å²) in [5.41, 5.74) is 2.10. The molecule has 3 rings (SSSR count). The van der Waals surface area contributed by atoms with Crippen molar-refractivity contribution in [3.8, 4) is 5.75 Å². The summed E-state index contributed by atoms with van der Waals surface area (Å²) >= 11 is 0. The number of carbonyl (C=O) groups excluding carboxylic acids is 2. The quantitative estimate of drug-likeness (QED) is 0.632. The number of benzene rings is 2. The molecule has 1 saturated heterocycles. The van der Waals surface area contributed by atoms with Gasteiger partial charge in [0.15, 0.2) is 0 Å². The lowest BCUT2D eigenvalue weighted by molar-refractivity contribution is -0.122. The Labute approximate surface area is 189 Å². The highest BCUT2D eigenvalue weighted by Crippen LogP contribution is 2.34. The molecule has 2 aromatic carbocycles. The van der Waals surface area contributed by atoms with Crippen LogP contribution in [0.5, 0.6) is 5.75 Å². The molecule has 1 heterocycles. The van der Waals surface area contributed by atoms with Crippen molar-refractivity contribution in [3.63, 3.8) is 0 Å². The van der Waals surface area contributed by atoms with Crippen LogP contribution in [-0.4, -0.2) is 40.4 Å². The molecule has 0 spiro atoms. The fourth-order valence-electron chi connectivity index (χ4n) is 3.45. The third-order valence-electron chi connectivity index (χ3n) is 5.23. The summed E-state index contributed by atoms with van der Waals surface area (Å²) in [7, 11) is -2.05. The summed E-state index contributed by atoms with van der Waals surface area (Å²) in [6.45, 7) is 6.36. The minimum absolute atomic E-state index is 0.0918. The first-order valence-electron chi connectivity index (χ1n) is 10.5. The Balaban J connectivity index is 1.67. The zero-order valence-corrected chi connectivity index (χ0v) is 19.5. The maximum Gasteiger partial charge on any atom is 0.240 e. The van der Waals surface area contributed by atoms with E-state index in [1.807, 2.05) is 32.9 Å². The molecule has 32 heavy (non-hydrogen) atoms. The molecule has 1 aliphatic rings. The van der Waals surface area contributed by atoms with E-state index in [0.717, 1.165) is 5.56 Å². The molecule has 2 N–H and O–H groups in total. The van der Waals surface area contributed by atoms with Crippen molar-refractivity contribution in [1.82, 2.24) is 4.72 Å². The zero-order valence-electron chi connectivity index (χ0n) is 18.7. The van der Waals surface area contributed by atoms with Gasteiger partial charge in [-0.25, -0.2) is 13.1 Å². The molecular formula is C23H29N3O5S. The third kappa shape index (κ3) is 5.46. The van der Waals surface area contributed by atoms with E-state index in [2.05, 4.69) is 10.0 Å². The highest BCUT2D eigenvalue weighted by Gasteiger charge is 2.36. The second-order valence-corrected chi connectivity index (χ2v) is 10.1. The minimum atomic E-state index is -3.60. The van der Waals surface area contributed by atoms with Gasteiger partial charge in [-0.3, -0.25) is 9.59 Å². The predicted molar refractivity (Wildman–Crippen MR) is 123 cm³/mol. The average Bonchev–Trinajstić information content (AvgIpc) is 3.14. The molecular weight excluding hydrogens is 430 g/mol. The molecule has 172 valence electrons. The van der Waals surface area contributed by atoms with Gasteiger partial charge in [0.1, 0.15) is 5.75 Å². The van der Waals surface area contributed by atoms with E-state index in [1.165, 1.54) is 12.1 Å². The van der Waals surface area contributed by atoms with E-state index in [1.54, 1.807) is 30.2 Å². The van der Waals surface area contributed by atoms with Gasteiger partial charge in [-0.2, -0.15) is 0 Å². The van der Waals surface area contributed by atoms with Gasteiger partial charge in [-0.15, -0.1) is 0 Å². The van der Waals surface area contributed by atoms with Crippen LogP contribution in [0.1, 0.15) is 25.8 Å². The lowest BCUT2D eigenvalue weighted by Gasteiger charge is -2.20. The highest BCUT2D eigenvalue weighted by atomic mass is 32.2. The van der Waals surface area contributed by atoms with Crippen molar-refractivity contribution in [3.05, 3.63) is 48.0 Å². The largest absolute Gasteiger partial charge is 0.495 e. The number of rotatable bonds is 8. The number of nitrogens with zero attached hydrogens (tertiary/aromatic N) is 1. The van der Waals surface area contributed by atoms with Gasteiger partial charge < -0.3 is 15.0 Å². The Kier molecular flexibility index (Phi) is 7.20. The minimum Gasteiger partial charge on any atom is -0.495 e. The third-order valence-corrected chi connectivity index (χ3v) is 6.67. The van der Waals surface area contributed by atoms with Crippen LogP contribution >= 0.6 is 0 Å². The average molecular weight is 460 g/mol. The number of aryl methyl sites for hydroxylation is 1. The summed E-state index contributed by atoms with van der Waals surface area (Å²) in [4.78, 5) is 27.1. The number of nitrogens with one attached hydrogen (secondary N) is 2. The zero-order chi connectivity index (χ0) is 23.5. The van der Waals surface area contributed by atoms with Gasteiger partial charge in [0.25, 0.3) is 0 Å². The van der Waals surface area contributed by atoms with Crippen molar-refractivity contribution in [2.24, 2.45) is 11.8 Å². The molecule has 0 aliphatic carbocycles. The van der Waals surface area contributed by atoms with Crippen LogP contribution in [0, 0.1) is 18.8 Å². The van der Waals surface area contributed by atoms with Crippen LogP contribution in [0.15, 0.2) is 47.4 Å². The molecule has 9 heteroatoms. The maximum atomic E-state index is 12.8. The number of ether oxygens (including phenoxy) is 1. The number of anilines is 2. The number of sulfonamides is 1. The topological polar surface area (TPSA) is 105 Å². The molecule has 1 atom stereocenters. The Morgan fingerprint density at radius 2 is 1.88 bits per heavy atom. The van der Waals surface area contributed by atoms with Crippen LogP contribution in [0.3, 0.4) is 0 Å². The van der Waals surface area contributed by atoms with Crippen molar-refractivity contribution in [1.29, 1.82) is 0 Å². The standard InChI is InChI=1S/C23H29N3O5S/c1-15(2)13-24-32(29,30)19-8-6-18(7-9-19)25-23(28)17-12-22(27)26(14-17)20-11-16(3)5-10-21(20)31-4/h5-11,15,17,24H,12-14H2,1-4H3,(H,25,28). The van der Waals surface area contributed by atoms with Gasteiger partial charge in [0.2, 0.25) is 21.8 Å². The molecule has 2 aromatic rings. The molecule has 8 nitrogen and oxygen atoms in total. The van der Waals surface area contributed by atoms with E-state index in [4.69, 9.17) is 4.74 Å². The van der Waals surface area contributed by atoms with Crippen LogP contribution in [0.25, 0.3) is 0 Å². The van der Waals surface area contributed by atoms with Crippen molar-refractivity contribution < 1.29 is 22.7 Å². The molecule has 0 saturated carbocycles. The first-order chi connectivity index (χ1) is 15.1. The maximum absolute atomic E-state index is 12.8. The fraction of sp³-hybridized carbons (Fsp3) is 0.391. The lowest BCUT2D eigenvalue weighted by Crippen LogP contribution is -2.28. The second-order valence-electron chi connectivity index (χ2n) is 8.34. The van der Waals surface area contributed by atoms with Gasteiger partial charge in [-0.1, -0.05) is 19.9 Å². The molecule has 2 amide bonds. The predicted octanol–water partition coefficient (Wildman–Crippen LogP) is 2.93. The van der Waals surface area contributed by atoms with Crippen molar-refractivity contribution in [2.75, 3.05) is 30.4 Å². The van der Waals surface area contributed by atoms with Gasteiger partial charge in [0.05, 0.1) is 23.6 Å². The van der Waals surface area contributed by atoms with Crippen LogP contribution < -0.4 is 19.7 Å². The highest BCUT2D eigenvalue weighted by molar-refractivity contribution is 7.89. The Morgan fingerprint density at radius 3 is 2.50 bits per heavy atom. The van der Waals surface area contributed by atoms with E-state index < -0.39 is 15.9 Å². The van der Waals surface area contributed by atoms with Crippen LogP contribution in [-0.2, 0) is 19.6 Å². The number of hydrogen-bond donors (Lipinski definition) is 2. The first-order valence-corrected chi connectivity index (χ1v) is 11.9. The number of methoxy groups -OCH3 is 1.